The number of carbonyl (C=O) groups is 4. The summed E-state index contributed by atoms with van der Waals surface area (Å²) in [7, 11) is 0. The van der Waals surface area contributed by atoms with Gasteiger partial charge in [0, 0.05) is 10.2 Å². The Hall–Kier alpha value is -2.66. The zero-order valence-electron chi connectivity index (χ0n) is 14.7. The number of carboxylic acid groups (broad SMARTS) is 1. The van der Waals surface area contributed by atoms with E-state index in [-0.39, 0.29) is 0 Å². The fourth-order valence-corrected chi connectivity index (χ4v) is 2.10. The van der Waals surface area contributed by atoms with Gasteiger partial charge >= 0.3 is 12.0 Å². The number of aliphatic carboxylic acids is 1. The number of urea groups is 1. The fraction of sp³-hybridized carbons (Fsp3) is 0.375. The molecule has 1 aromatic carbocycles. The van der Waals surface area contributed by atoms with Crippen LogP contribution in [0, 0.1) is 0 Å². The first-order valence-electron chi connectivity index (χ1n) is 7.91. The summed E-state index contributed by atoms with van der Waals surface area (Å²) in [5.74, 6) is -2.73. The summed E-state index contributed by atoms with van der Waals surface area (Å²) >= 11 is 3.26. The van der Waals surface area contributed by atoms with Crippen molar-refractivity contribution >= 4 is 45.4 Å². The number of hydrogen-bond acceptors (Lipinski definition) is 5. The van der Waals surface area contributed by atoms with Gasteiger partial charge in [-0.05, 0) is 38.1 Å². The van der Waals surface area contributed by atoms with Crippen LogP contribution in [0.15, 0.2) is 28.7 Å². The number of aliphatic hydroxyl groups excluding tert-OH is 1. The van der Waals surface area contributed by atoms with E-state index in [0.717, 1.165) is 4.47 Å². The molecule has 0 radical (unpaired) electrons. The van der Waals surface area contributed by atoms with E-state index in [4.69, 9.17) is 5.11 Å². The minimum atomic E-state index is -1.30. The molecule has 0 aromatic heterocycles. The van der Waals surface area contributed by atoms with Gasteiger partial charge in [-0.15, -0.1) is 0 Å². The molecule has 11 heteroatoms. The van der Waals surface area contributed by atoms with Crippen molar-refractivity contribution in [3.63, 3.8) is 0 Å². The van der Waals surface area contributed by atoms with Crippen LogP contribution in [0.25, 0.3) is 0 Å². The van der Waals surface area contributed by atoms with Gasteiger partial charge in [-0.1, -0.05) is 15.9 Å². The molecule has 1 rings (SSSR count). The third-order valence-corrected chi connectivity index (χ3v) is 3.92. The first-order chi connectivity index (χ1) is 12.6. The lowest BCUT2D eigenvalue weighted by atomic mass is 10.2. The zero-order valence-corrected chi connectivity index (χ0v) is 16.2. The largest absolute Gasteiger partial charge is 0.480 e. The van der Waals surface area contributed by atoms with Gasteiger partial charge in [0.05, 0.1) is 6.61 Å². The minimum absolute atomic E-state index is 0.475. The predicted octanol–water partition coefficient (Wildman–Crippen LogP) is 0.0255. The molecule has 3 atom stereocenters. The van der Waals surface area contributed by atoms with Crippen molar-refractivity contribution in [1.82, 2.24) is 16.0 Å². The summed E-state index contributed by atoms with van der Waals surface area (Å²) in [5.41, 5.74) is 0.475. The summed E-state index contributed by atoms with van der Waals surface area (Å²) < 4.78 is 0.825. The number of nitrogens with one attached hydrogen (secondary N) is 4. The average Bonchev–Trinajstić information content (AvgIpc) is 2.61. The highest BCUT2D eigenvalue weighted by atomic mass is 79.9. The molecule has 0 aliphatic carbocycles. The number of benzene rings is 1. The van der Waals surface area contributed by atoms with Gasteiger partial charge in [-0.2, -0.15) is 0 Å². The van der Waals surface area contributed by atoms with Crippen molar-refractivity contribution in [2.24, 2.45) is 0 Å². The molecule has 10 nitrogen and oxygen atoms in total. The maximum absolute atomic E-state index is 12.1. The minimum Gasteiger partial charge on any atom is -0.480 e. The number of aliphatic hydroxyl groups is 1. The monoisotopic (exact) mass is 444 g/mol. The highest BCUT2D eigenvalue weighted by Gasteiger charge is 2.25. The van der Waals surface area contributed by atoms with E-state index in [9.17, 15) is 24.3 Å². The maximum Gasteiger partial charge on any atom is 0.325 e. The van der Waals surface area contributed by atoms with Crippen LogP contribution in [0.1, 0.15) is 13.8 Å². The Balaban J connectivity index is 2.57. The molecule has 0 saturated heterocycles. The van der Waals surface area contributed by atoms with E-state index >= 15 is 0 Å². The molecule has 4 amide bonds. The average molecular weight is 445 g/mol. The lowest BCUT2D eigenvalue weighted by Gasteiger charge is -2.20. The standard InChI is InChI=1S/C16H21BrN4O6/c1-8(13(23)19-9(2)15(25)26)18-14(24)12(7-22)21-16(27)20-11-5-3-10(17)4-6-11/h3-6,8-9,12,22H,7H2,1-2H3,(H,18,24)(H,19,23)(H,25,26)(H2,20,21,27). The van der Waals surface area contributed by atoms with Crippen LogP contribution in [0.5, 0.6) is 0 Å². The molecule has 0 aliphatic rings. The topological polar surface area (TPSA) is 157 Å². The molecular formula is C16H21BrN4O6. The van der Waals surface area contributed by atoms with Crippen molar-refractivity contribution in [2.45, 2.75) is 32.0 Å². The van der Waals surface area contributed by atoms with Gasteiger partial charge in [-0.25, -0.2) is 4.79 Å². The van der Waals surface area contributed by atoms with Gasteiger partial charge < -0.3 is 31.5 Å². The Morgan fingerprint density at radius 1 is 0.963 bits per heavy atom. The molecule has 0 saturated carbocycles. The predicted molar refractivity (Wildman–Crippen MR) is 100 cm³/mol. The second-order valence-corrected chi connectivity index (χ2v) is 6.55. The quantitative estimate of drug-likeness (QED) is 0.331. The highest BCUT2D eigenvalue weighted by Crippen LogP contribution is 2.13. The SMILES string of the molecule is CC(NC(=O)C(C)NC(=O)C(CO)NC(=O)Nc1ccc(Br)cc1)C(=O)O. The normalized spacial score (nSPS) is 13.6. The molecule has 148 valence electrons. The van der Waals surface area contributed by atoms with Crippen LogP contribution in [0.3, 0.4) is 0 Å². The molecular weight excluding hydrogens is 424 g/mol. The Kier molecular flexibility index (Phi) is 8.69. The fourth-order valence-electron chi connectivity index (χ4n) is 1.83. The molecule has 1 aromatic rings. The molecule has 6 N–H and O–H groups in total. The molecule has 0 heterocycles. The molecule has 0 spiro atoms. The smallest absolute Gasteiger partial charge is 0.325 e. The van der Waals surface area contributed by atoms with Crippen LogP contribution < -0.4 is 21.3 Å². The van der Waals surface area contributed by atoms with Gasteiger partial charge in [0.2, 0.25) is 11.8 Å². The van der Waals surface area contributed by atoms with Crippen molar-refractivity contribution < 1.29 is 29.4 Å². The lowest BCUT2D eigenvalue weighted by Crippen LogP contribution is -2.55. The number of carbonyl (C=O) groups excluding carboxylic acids is 3. The second kappa shape index (κ2) is 10.5. The number of rotatable bonds is 8. The third-order valence-electron chi connectivity index (χ3n) is 3.39. The number of anilines is 1. The Labute approximate surface area is 163 Å². The van der Waals surface area contributed by atoms with Gasteiger partial charge in [0.1, 0.15) is 18.1 Å². The molecule has 3 unspecified atom stereocenters. The number of hydrogen-bond donors (Lipinski definition) is 6. The summed E-state index contributed by atoms with van der Waals surface area (Å²) in [4.78, 5) is 46.6. The van der Waals surface area contributed by atoms with E-state index < -0.39 is 48.5 Å². The maximum atomic E-state index is 12.1. The van der Waals surface area contributed by atoms with E-state index in [0.29, 0.717) is 5.69 Å². The number of carboxylic acids is 1. The van der Waals surface area contributed by atoms with E-state index in [1.54, 1.807) is 24.3 Å². The molecule has 0 bridgehead atoms. The molecule has 0 aliphatic heterocycles. The van der Waals surface area contributed by atoms with Crippen molar-refractivity contribution in [2.75, 3.05) is 11.9 Å². The Bertz CT molecular complexity index is 697. The van der Waals surface area contributed by atoms with Crippen molar-refractivity contribution in [1.29, 1.82) is 0 Å². The molecule has 0 fully saturated rings. The van der Waals surface area contributed by atoms with E-state index in [2.05, 4.69) is 37.2 Å². The van der Waals surface area contributed by atoms with Crippen LogP contribution >= 0.6 is 15.9 Å². The van der Waals surface area contributed by atoms with Crippen LogP contribution in [0.2, 0.25) is 0 Å². The summed E-state index contributed by atoms with van der Waals surface area (Å²) in [6.07, 6.45) is 0. The van der Waals surface area contributed by atoms with E-state index in [1.807, 2.05) is 0 Å². The van der Waals surface area contributed by atoms with Crippen molar-refractivity contribution in [3.8, 4) is 0 Å². The summed E-state index contributed by atoms with van der Waals surface area (Å²) in [5, 5.41) is 27.4. The zero-order chi connectivity index (χ0) is 20.6. The van der Waals surface area contributed by atoms with Gasteiger partial charge in [0.25, 0.3) is 0 Å². The van der Waals surface area contributed by atoms with Crippen LogP contribution in [-0.4, -0.2) is 58.8 Å². The first kappa shape index (κ1) is 22.4. The van der Waals surface area contributed by atoms with Gasteiger partial charge in [0.15, 0.2) is 0 Å². The number of halogens is 1. The Morgan fingerprint density at radius 2 is 1.52 bits per heavy atom. The first-order valence-corrected chi connectivity index (χ1v) is 8.70. The third kappa shape index (κ3) is 7.62. The summed E-state index contributed by atoms with van der Waals surface area (Å²) in [6, 6.07) is 2.48. The highest BCUT2D eigenvalue weighted by molar-refractivity contribution is 9.10. The van der Waals surface area contributed by atoms with E-state index in [1.165, 1.54) is 13.8 Å². The summed E-state index contributed by atoms with van der Waals surface area (Å²) in [6.45, 7) is 1.93. The Morgan fingerprint density at radius 3 is 2.04 bits per heavy atom. The molecule has 27 heavy (non-hydrogen) atoms. The number of amides is 4. The lowest BCUT2D eigenvalue weighted by molar-refractivity contribution is -0.141. The van der Waals surface area contributed by atoms with Crippen LogP contribution in [0.4, 0.5) is 10.5 Å². The van der Waals surface area contributed by atoms with Crippen LogP contribution in [-0.2, 0) is 14.4 Å². The van der Waals surface area contributed by atoms with Gasteiger partial charge in [-0.3, -0.25) is 14.4 Å². The van der Waals surface area contributed by atoms with Crippen molar-refractivity contribution in [3.05, 3.63) is 28.7 Å². The second-order valence-electron chi connectivity index (χ2n) is 5.64.